The normalized spacial score (nSPS) is 35.8. The van der Waals surface area contributed by atoms with Crippen molar-refractivity contribution in [2.45, 2.75) is 64.0 Å². The number of rotatable bonds is 4. The molecule has 2 aliphatic carbocycles. The van der Waals surface area contributed by atoms with E-state index in [1.165, 1.54) is 43.5 Å². The maximum atomic E-state index is 6.74. The summed E-state index contributed by atoms with van der Waals surface area (Å²) < 4.78 is 12.4. The summed E-state index contributed by atoms with van der Waals surface area (Å²) >= 11 is 0. The molecular formula is C23H31NO2. The van der Waals surface area contributed by atoms with E-state index in [4.69, 9.17) is 9.47 Å². The second kappa shape index (κ2) is 5.51. The van der Waals surface area contributed by atoms with Crippen LogP contribution in [0.1, 0.15) is 51.2 Å². The quantitative estimate of drug-likeness (QED) is 0.752. The van der Waals surface area contributed by atoms with Gasteiger partial charge in [0.05, 0.1) is 7.11 Å². The molecule has 1 fully saturated rings. The van der Waals surface area contributed by atoms with Crippen LogP contribution in [0.5, 0.6) is 11.5 Å². The fraction of sp³-hybridized carbons (Fsp3) is 0.652. The molecule has 2 heterocycles. The lowest BCUT2D eigenvalue weighted by atomic mass is 9.50. The zero-order valence-corrected chi connectivity index (χ0v) is 16.5. The molecule has 3 heteroatoms. The SMILES string of the molecule is CCCCN1CC[C@@]23c4c5ccc(OC)c4O[C@@H]2C(C)(C)C=CC3[C@@H]1C5. The Kier molecular flexibility index (Phi) is 3.54. The summed E-state index contributed by atoms with van der Waals surface area (Å²) in [5.41, 5.74) is 3.15. The highest BCUT2D eigenvalue weighted by molar-refractivity contribution is 5.62. The van der Waals surface area contributed by atoms with Gasteiger partial charge in [-0.1, -0.05) is 45.4 Å². The Labute approximate surface area is 157 Å². The van der Waals surface area contributed by atoms with E-state index in [1.54, 1.807) is 7.11 Å². The largest absolute Gasteiger partial charge is 0.493 e. The molecule has 5 rings (SSSR count). The number of unbranched alkanes of at least 4 members (excludes halogenated alkanes) is 1. The first-order valence-electron chi connectivity index (χ1n) is 10.3. The van der Waals surface area contributed by atoms with Gasteiger partial charge in [-0.15, -0.1) is 0 Å². The highest BCUT2D eigenvalue weighted by atomic mass is 16.5. The van der Waals surface area contributed by atoms with E-state index in [9.17, 15) is 0 Å². The molecule has 26 heavy (non-hydrogen) atoms. The van der Waals surface area contributed by atoms with Gasteiger partial charge in [0.2, 0.25) is 0 Å². The van der Waals surface area contributed by atoms with E-state index in [1.807, 2.05) is 0 Å². The topological polar surface area (TPSA) is 21.7 Å². The predicted octanol–water partition coefficient (Wildman–Crippen LogP) is 4.34. The van der Waals surface area contributed by atoms with Crippen LogP contribution in [0.4, 0.5) is 0 Å². The average molecular weight is 354 g/mol. The number of nitrogens with zero attached hydrogens (tertiary/aromatic N) is 1. The molecular weight excluding hydrogens is 322 g/mol. The Bertz CT molecular complexity index is 768. The summed E-state index contributed by atoms with van der Waals surface area (Å²) in [6.07, 6.45) is 10.1. The first kappa shape index (κ1) is 16.7. The molecule has 2 bridgehead atoms. The minimum Gasteiger partial charge on any atom is -0.493 e. The molecule has 2 aliphatic heterocycles. The molecule has 0 saturated carbocycles. The van der Waals surface area contributed by atoms with Crippen molar-refractivity contribution in [3.05, 3.63) is 35.4 Å². The van der Waals surface area contributed by atoms with Gasteiger partial charge in [-0.05, 0) is 44.0 Å². The van der Waals surface area contributed by atoms with Gasteiger partial charge in [-0.25, -0.2) is 0 Å². The summed E-state index contributed by atoms with van der Waals surface area (Å²) in [7, 11) is 1.76. The molecule has 3 nitrogen and oxygen atoms in total. The zero-order chi connectivity index (χ0) is 18.1. The molecule has 0 amide bonds. The van der Waals surface area contributed by atoms with Crippen molar-refractivity contribution in [3.8, 4) is 11.5 Å². The van der Waals surface area contributed by atoms with Gasteiger partial charge in [-0.2, -0.15) is 0 Å². The summed E-state index contributed by atoms with van der Waals surface area (Å²) in [6.45, 7) is 9.40. The van der Waals surface area contributed by atoms with Gasteiger partial charge in [0.25, 0.3) is 0 Å². The van der Waals surface area contributed by atoms with Crippen LogP contribution in [0.2, 0.25) is 0 Å². The van der Waals surface area contributed by atoms with Crippen LogP contribution in [-0.2, 0) is 11.8 Å². The van der Waals surface area contributed by atoms with Gasteiger partial charge in [0, 0.05) is 28.4 Å². The second-order valence-corrected chi connectivity index (χ2v) is 9.29. The molecule has 1 aromatic carbocycles. The fourth-order valence-corrected chi connectivity index (χ4v) is 6.42. The predicted molar refractivity (Wildman–Crippen MR) is 104 cm³/mol. The van der Waals surface area contributed by atoms with Crippen LogP contribution in [0.3, 0.4) is 0 Å². The lowest BCUT2D eigenvalue weighted by Crippen LogP contribution is -2.66. The van der Waals surface area contributed by atoms with Crippen LogP contribution >= 0.6 is 0 Å². The first-order valence-corrected chi connectivity index (χ1v) is 10.3. The summed E-state index contributed by atoms with van der Waals surface area (Å²) in [6, 6.07) is 5.04. The molecule has 1 spiro atoms. The molecule has 0 aromatic heterocycles. The Morgan fingerprint density at radius 2 is 2.15 bits per heavy atom. The lowest BCUT2D eigenvalue weighted by molar-refractivity contribution is -0.0468. The van der Waals surface area contributed by atoms with Gasteiger partial charge in [0.1, 0.15) is 6.10 Å². The maximum Gasteiger partial charge on any atom is 0.165 e. The van der Waals surface area contributed by atoms with Crippen LogP contribution in [0.25, 0.3) is 0 Å². The van der Waals surface area contributed by atoms with E-state index in [0.717, 1.165) is 17.9 Å². The smallest absolute Gasteiger partial charge is 0.165 e. The van der Waals surface area contributed by atoms with Crippen molar-refractivity contribution in [2.24, 2.45) is 11.3 Å². The van der Waals surface area contributed by atoms with Crippen molar-refractivity contribution in [1.82, 2.24) is 4.90 Å². The summed E-state index contributed by atoms with van der Waals surface area (Å²) in [5.74, 6) is 2.51. The standard InChI is InChI=1S/C23H31NO2/c1-5-6-12-24-13-11-23-16-9-10-22(2,3)21(23)26-20-18(25-4)8-7-15(19(20)23)14-17(16)24/h7-10,16-17,21H,5-6,11-14H2,1-4H3/t16?,17-,21+,23+/m0/s1. The first-order chi connectivity index (χ1) is 12.5. The maximum absolute atomic E-state index is 6.74. The Morgan fingerprint density at radius 3 is 2.92 bits per heavy atom. The minimum absolute atomic E-state index is 0.0469. The molecule has 140 valence electrons. The molecule has 1 aromatic rings. The van der Waals surface area contributed by atoms with Gasteiger partial charge in [-0.3, -0.25) is 4.90 Å². The van der Waals surface area contributed by atoms with Crippen molar-refractivity contribution in [2.75, 3.05) is 20.2 Å². The van der Waals surface area contributed by atoms with Crippen LogP contribution < -0.4 is 9.47 Å². The van der Waals surface area contributed by atoms with E-state index in [-0.39, 0.29) is 16.9 Å². The highest BCUT2D eigenvalue weighted by Crippen LogP contribution is 2.65. The second-order valence-electron chi connectivity index (χ2n) is 9.29. The van der Waals surface area contributed by atoms with E-state index in [0.29, 0.717) is 12.0 Å². The molecule has 4 aliphatic rings. The number of hydrogen-bond donors (Lipinski definition) is 0. The number of likely N-dealkylation sites (tertiary alicyclic amines) is 1. The van der Waals surface area contributed by atoms with E-state index < -0.39 is 0 Å². The van der Waals surface area contributed by atoms with Crippen molar-refractivity contribution < 1.29 is 9.47 Å². The van der Waals surface area contributed by atoms with Crippen LogP contribution in [-0.4, -0.2) is 37.2 Å². The number of hydrogen-bond acceptors (Lipinski definition) is 3. The van der Waals surface area contributed by atoms with Crippen molar-refractivity contribution in [3.63, 3.8) is 0 Å². The minimum atomic E-state index is 0.0469. The third-order valence-corrected chi connectivity index (χ3v) is 7.52. The third-order valence-electron chi connectivity index (χ3n) is 7.52. The van der Waals surface area contributed by atoms with E-state index in [2.05, 4.69) is 50.0 Å². The number of piperidine rings is 1. The van der Waals surface area contributed by atoms with Crippen LogP contribution in [0, 0.1) is 11.3 Å². The average Bonchev–Trinajstić information content (AvgIpc) is 2.98. The van der Waals surface area contributed by atoms with Crippen molar-refractivity contribution >= 4 is 0 Å². The number of methoxy groups -OCH3 is 1. The molecule has 0 N–H and O–H groups in total. The third kappa shape index (κ3) is 1.93. The Balaban J connectivity index is 1.70. The zero-order valence-electron chi connectivity index (χ0n) is 16.5. The number of ether oxygens (including phenoxy) is 2. The van der Waals surface area contributed by atoms with Crippen molar-refractivity contribution in [1.29, 1.82) is 0 Å². The molecule has 1 saturated heterocycles. The molecule has 0 radical (unpaired) electrons. The lowest BCUT2D eigenvalue weighted by Gasteiger charge is -2.59. The van der Waals surface area contributed by atoms with Gasteiger partial charge < -0.3 is 9.47 Å². The number of benzene rings is 1. The van der Waals surface area contributed by atoms with Gasteiger partial charge in [0.15, 0.2) is 11.5 Å². The van der Waals surface area contributed by atoms with Crippen LogP contribution in [0.15, 0.2) is 24.3 Å². The summed E-state index contributed by atoms with van der Waals surface area (Å²) in [5, 5.41) is 0. The Hall–Kier alpha value is -1.48. The molecule has 1 unspecified atom stereocenters. The monoisotopic (exact) mass is 353 g/mol. The highest BCUT2D eigenvalue weighted by Gasteiger charge is 2.66. The Morgan fingerprint density at radius 1 is 1.31 bits per heavy atom. The van der Waals surface area contributed by atoms with Gasteiger partial charge >= 0.3 is 0 Å². The fourth-order valence-electron chi connectivity index (χ4n) is 6.42. The molecule has 4 atom stereocenters. The van der Waals surface area contributed by atoms with E-state index >= 15 is 0 Å². The summed E-state index contributed by atoms with van der Waals surface area (Å²) in [4.78, 5) is 2.77.